The Bertz CT molecular complexity index is 236. The highest BCUT2D eigenvalue weighted by molar-refractivity contribution is 6.12. The first-order valence-electron chi connectivity index (χ1n) is 3.14. The van der Waals surface area contributed by atoms with Gasteiger partial charge in [0.25, 0.3) is 0 Å². The van der Waals surface area contributed by atoms with Crippen LogP contribution in [0, 0.1) is 0 Å². The summed E-state index contributed by atoms with van der Waals surface area (Å²) in [6, 6.07) is 0. The van der Waals surface area contributed by atoms with E-state index in [0.717, 1.165) is 5.57 Å². The lowest BCUT2D eigenvalue weighted by Crippen LogP contribution is -2.07. The molecule has 0 spiro atoms. The predicted octanol–water partition coefficient (Wildman–Crippen LogP) is 0.823. The third-order valence-corrected chi connectivity index (χ3v) is 1.96. The van der Waals surface area contributed by atoms with Crippen LogP contribution in [0.2, 0.25) is 0 Å². The molecule has 0 saturated carbocycles. The molecule has 0 aliphatic heterocycles. The van der Waals surface area contributed by atoms with Crippen LogP contribution >= 0.6 is 0 Å². The summed E-state index contributed by atoms with van der Waals surface area (Å²) in [6.45, 7) is 6.93. The molecule has 1 rings (SSSR count). The Hall–Kier alpha value is -0.890. The molecule has 1 unspecified atom stereocenters. The predicted molar refractivity (Wildman–Crippen MR) is 38.5 cm³/mol. The summed E-state index contributed by atoms with van der Waals surface area (Å²) in [5.41, 5.74) is 1.67. The van der Waals surface area contributed by atoms with E-state index in [0.29, 0.717) is 11.1 Å². The van der Waals surface area contributed by atoms with Crippen LogP contribution in [0.15, 0.2) is 23.3 Å². The zero-order chi connectivity index (χ0) is 7.89. The molecule has 0 bridgehead atoms. The summed E-state index contributed by atoms with van der Waals surface area (Å²) in [5, 5.41) is 9.23. The minimum absolute atomic E-state index is 0.106. The number of ketones is 1. The lowest BCUT2D eigenvalue weighted by atomic mass is 10.1. The van der Waals surface area contributed by atoms with Crippen molar-refractivity contribution in [3.8, 4) is 0 Å². The molecule has 1 N–H and O–H groups in total. The summed E-state index contributed by atoms with van der Waals surface area (Å²) in [7, 11) is 0. The van der Waals surface area contributed by atoms with E-state index in [-0.39, 0.29) is 5.78 Å². The Kier molecular flexibility index (Phi) is 1.49. The molecule has 2 heteroatoms. The zero-order valence-corrected chi connectivity index (χ0v) is 6.14. The van der Waals surface area contributed by atoms with Gasteiger partial charge in [-0.25, -0.2) is 0 Å². The van der Waals surface area contributed by atoms with E-state index in [4.69, 9.17) is 0 Å². The van der Waals surface area contributed by atoms with E-state index in [1.54, 1.807) is 13.8 Å². The molecule has 1 atom stereocenters. The van der Waals surface area contributed by atoms with Gasteiger partial charge in [0, 0.05) is 5.57 Å². The number of aliphatic hydroxyl groups is 1. The van der Waals surface area contributed by atoms with E-state index in [1.165, 1.54) is 0 Å². The Morgan fingerprint density at radius 1 is 1.50 bits per heavy atom. The van der Waals surface area contributed by atoms with Crippen LogP contribution in [-0.2, 0) is 4.79 Å². The fraction of sp³-hybridized carbons (Fsp3) is 0.375. The lowest BCUT2D eigenvalue weighted by molar-refractivity contribution is -0.112. The first kappa shape index (κ1) is 7.22. The van der Waals surface area contributed by atoms with Crippen molar-refractivity contribution < 1.29 is 9.90 Å². The summed E-state index contributed by atoms with van der Waals surface area (Å²) in [5.74, 6) is -0.106. The highest BCUT2D eigenvalue weighted by Crippen LogP contribution is 2.25. The lowest BCUT2D eigenvalue weighted by Gasteiger charge is -2.01. The third-order valence-electron chi connectivity index (χ3n) is 1.96. The van der Waals surface area contributed by atoms with E-state index in [9.17, 15) is 9.90 Å². The Morgan fingerprint density at radius 2 is 2.00 bits per heavy atom. The summed E-state index contributed by atoms with van der Waals surface area (Å²) < 4.78 is 0. The number of allylic oxidation sites excluding steroid dienone is 1. The van der Waals surface area contributed by atoms with E-state index in [1.807, 2.05) is 0 Å². The molecule has 0 heterocycles. The molecule has 1 aliphatic carbocycles. The van der Waals surface area contributed by atoms with Gasteiger partial charge in [-0.15, -0.1) is 0 Å². The van der Waals surface area contributed by atoms with Gasteiger partial charge >= 0.3 is 0 Å². The van der Waals surface area contributed by atoms with E-state index >= 15 is 0 Å². The fourth-order valence-electron chi connectivity index (χ4n) is 1.01. The Morgan fingerprint density at radius 3 is 2.10 bits per heavy atom. The molecule has 0 amide bonds. The number of hydrogen-bond acceptors (Lipinski definition) is 2. The normalized spacial score (nSPS) is 26.5. The van der Waals surface area contributed by atoms with Crippen LogP contribution < -0.4 is 0 Å². The number of Topliss-reactive ketones (excluding diaryl/α,β-unsaturated/α-hetero) is 1. The number of aliphatic hydroxyl groups excluding tert-OH is 1. The van der Waals surface area contributed by atoms with Crippen molar-refractivity contribution in [3.63, 3.8) is 0 Å². The Labute approximate surface area is 59.9 Å². The SMILES string of the molecule is C=C1C(=O)C(C)=C(C)C1O. The van der Waals surface area contributed by atoms with Crippen molar-refractivity contribution in [1.82, 2.24) is 0 Å². The maximum absolute atomic E-state index is 11.0. The molecule has 0 fully saturated rings. The molecular weight excluding hydrogens is 128 g/mol. The minimum Gasteiger partial charge on any atom is -0.384 e. The average molecular weight is 138 g/mol. The molecule has 10 heavy (non-hydrogen) atoms. The molecule has 2 nitrogen and oxygen atoms in total. The van der Waals surface area contributed by atoms with Crippen LogP contribution in [0.1, 0.15) is 13.8 Å². The maximum Gasteiger partial charge on any atom is 0.187 e. The van der Waals surface area contributed by atoms with Crippen molar-refractivity contribution in [2.45, 2.75) is 20.0 Å². The molecule has 0 saturated heterocycles. The highest BCUT2D eigenvalue weighted by atomic mass is 16.3. The van der Waals surface area contributed by atoms with E-state index < -0.39 is 6.10 Å². The second-order valence-electron chi connectivity index (χ2n) is 2.56. The van der Waals surface area contributed by atoms with Crippen molar-refractivity contribution in [3.05, 3.63) is 23.3 Å². The van der Waals surface area contributed by atoms with Crippen molar-refractivity contribution in [1.29, 1.82) is 0 Å². The quantitative estimate of drug-likeness (QED) is 0.503. The van der Waals surface area contributed by atoms with Crippen LogP contribution in [0.5, 0.6) is 0 Å². The van der Waals surface area contributed by atoms with Gasteiger partial charge in [0.2, 0.25) is 0 Å². The zero-order valence-electron chi connectivity index (χ0n) is 6.14. The van der Waals surface area contributed by atoms with Gasteiger partial charge < -0.3 is 5.11 Å². The van der Waals surface area contributed by atoms with Crippen LogP contribution in [0.25, 0.3) is 0 Å². The van der Waals surface area contributed by atoms with Crippen LogP contribution in [0.3, 0.4) is 0 Å². The highest BCUT2D eigenvalue weighted by Gasteiger charge is 2.28. The molecule has 54 valence electrons. The van der Waals surface area contributed by atoms with Gasteiger partial charge in [-0.1, -0.05) is 6.58 Å². The van der Waals surface area contributed by atoms with Gasteiger partial charge in [-0.2, -0.15) is 0 Å². The van der Waals surface area contributed by atoms with Gasteiger partial charge in [0.15, 0.2) is 5.78 Å². The average Bonchev–Trinajstić information content (AvgIpc) is 2.07. The topological polar surface area (TPSA) is 37.3 Å². The molecular formula is C8H10O2. The number of carbonyl (C=O) groups excluding carboxylic acids is 1. The largest absolute Gasteiger partial charge is 0.384 e. The maximum atomic E-state index is 11.0. The molecule has 0 radical (unpaired) electrons. The first-order valence-corrected chi connectivity index (χ1v) is 3.14. The summed E-state index contributed by atoms with van der Waals surface area (Å²) in [6.07, 6.45) is -0.729. The third kappa shape index (κ3) is 0.727. The molecule has 0 aromatic heterocycles. The minimum atomic E-state index is -0.729. The summed E-state index contributed by atoms with van der Waals surface area (Å²) >= 11 is 0. The number of carbonyl (C=O) groups is 1. The number of rotatable bonds is 0. The second kappa shape index (κ2) is 2.06. The van der Waals surface area contributed by atoms with Gasteiger partial charge in [0.1, 0.15) is 6.10 Å². The smallest absolute Gasteiger partial charge is 0.187 e. The monoisotopic (exact) mass is 138 g/mol. The molecule has 1 aliphatic rings. The molecule has 0 aromatic rings. The van der Waals surface area contributed by atoms with Crippen molar-refractivity contribution in [2.24, 2.45) is 0 Å². The van der Waals surface area contributed by atoms with Gasteiger partial charge in [-0.05, 0) is 25.0 Å². The standard InChI is InChI=1S/C8H10O2/c1-4-5(2)8(10)6(3)7(4)9/h7,9H,3H2,1-2H3. The van der Waals surface area contributed by atoms with Gasteiger partial charge in [-0.3, -0.25) is 4.79 Å². The molecule has 0 aromatic carbocycles. The first-order chi connectivity index (χ1) is 4.55. The van der Waals surface area contributed by atoms with Crippen LogP contribution in [-0.4, -0.2) is 17.0 Å². The van der Waals surface area contributed by atoms with Gasteiger partial charge in [0.05, 0.1) is 0 Å². The Balaban J connectivity index is 3.11. The van der Waals surface area contributed by atoms with Crippen LogP contribution in [0.4, 0.5) is 0 Å². The van der Waals surface area contributed by atoms with E-state index in [2.05, 4.69) is 6.58 Å². The van der Waals surface area contributed by atoms with Crippen molar-refractivity contribution in [2.75, 3.05) is 0 Å². The second-order valence-corrected chi connectivity index (χ2v) is 2.56. The summed E-state index contributed by atoms with van der Waals surface area (Å²) in [4.78, 5) is 11.0. The fourth-order valence-corrected chi connectivity index (χ4v) is 1.01. The number of hydrogen-bond donors (Lipinski definition) is 1. The van der Waals surface area contributed by atoms with Crippen molar-refractivity contribution >= 4 is 5.78 Å².